The number of rotatable bonds is 5. The highest BCUT2D eigenvalue weighted by Gasteiger charge is 2.22. The molecule has 0 aliphatic rings. The molecule has 0 saturated carbocycles. The summed E-state index contributed by atoms with van der Waals surface area (Å²) in [7, 11) is 0. The molecule has 3 heterocycles. The lowest BCUT2D eigenvalue weighted by Crippen LogP contribution is -2.22. The summed E-state index contributed by atoms with van der Waals surface area (Å²) in [6, 6.07) is 15.2. The van der Waals surface area contributed by atoms with E-state index >= 15 is 0 Å². The molecule has 0 fully saturated rings. The standard InChI is InChI=1S/C23H17FN4O3S/c1-13-9-10-15(12-17(13)24)28-22(29)16-6-3-4-7-18(16)25-23(28)32-14(2)21-26-20(27-31-21)19-8-5-11-30-19/h3-12,14H,1-2H3/t14-/m0/s1. The van der Waals surface area contributed by atoms with Crippen LogP contribution in [0.1, 0.15) is 23.6 Å². The maximum atomic E-state index is 14.3. The number of hydrogen-bond donors (Lipinski definition) is 0. The molecule has 32 heavy (non-hydrogen) atoms. The molecule has 0 amide bonds. The van der Waals surface area contributed by atoms with Gasteiger partial charge >= 0.3 is 0 Å². The van der Waals surface area contributed by atoms with Crippen LogP contribution in [-0.2, 0) is 0 Å². The van der Waals surface area contributed by atoms with Gasteiger partial charge in [-0.25, -0.2) is 9.37 Å². The van der Waals surface area contributed by atoms with Gasteiger partial charge in [-0.05, 0) is 55.8 Å². The molecule has 0 unspecified atom stereocenters. The van der Waals surface area contributed by atoms with Crippen molar-refractivity contribution in [2.45, 2.75) is 24.3 Å². The van der Waals surface area contributed by atoms with Crippen LogP contribution in [0.15, 0.2) is 79.8 Å². The highest BCUT2D eigenvalue weighted by molar-refractivity contribution is 7.99. The minimum Gasteiger partial charge on any atom is -0.461 e. The zero-order valence-electron chi connectivity index (χ0n) is 17.2. The fourth-order valence-electron chi connectivity index (χ4n) is 3.25. The normalized spacial score (nSPS) is 12.3. The summed E-state index contributed by atoms with van der Waals surface area (Å²) in [5.74, 6) is 0.784. The lowest BCUT2D eigenvalue weighted by atomic mass is 10.2. The number of para-hydroxylation sites is 1. The minimum absolute atomic E-state index is 0.282. The van der Waals surface area contributed by atoms with Gasteiger partial charge in [0.25, 0.3) is 5.56 Å². The fourth-order valence-corrected chi connectivity index (χ4v) is 4.21. The van der Waals surface area contributed by atoms with Crippen LogP contribution in [0.4, 0.5) is 4.39 Å². The van der Waals surface area contributed by atoms with Crippen molar-refractivity contribution in [3.05, 3.63) is 88.5 Å². The minimum atomic E-state index is -0.397. The number of aromatic nitrogens is 4. The number of aryl methyl sites for hydroxylation is 1. The van der Waals surface area contributed by atoms with Gasteiger partial charge in [0.2, 0.25) is 11.7 Å². The van der Waals surface area contributed by atoms with Crippen molar-refractivity contribution in [1.82, 2.24) is 19.7 Å². The first-order valence-corrected chi connectivity index (χ1v) is 10.7. The SMILES string of the molecule is Cc1ccc(-n2c(S[C@@H](C)c3nc(-c4ccco4)no3)nc3ccccc3c2=O)cc1F. The van der Waals surface area contributed by atoms with Crippen LogP contribution < -0.4 is 5.56 Å². The van der Waals surface area contributed by atoms with Crippen LogP contribution in [0.3, 0.4) is 0 Å². The molecule has 0 bridgehead atoms. The van der Waals surface area contributed by atoms with E-state index in [9.17, 15) is 9.18 Å². The van der Waals surface area contributed by atoms with E-state index in [4.69, 9.17) is 8.94 Å². The third-order valence-electron chi connectivity index (χ3n) is 4.97. The summed E-state index contributed by atoms with van der Waals surface area (Å²) in [4.78, 5) is 22.4. The summed E-state index contributed by atoms with van der Waals surface area (Å²) in [6.07, 6.45) is 1.53. The number of halogens is 1. The van der Waals surface area contributed by atoms with Crippen LogP contribution in [0, 0.1) is 12.7 Å². The molecule has 5 rings (SSSR count). The van der Waals surface area contributed by atoms with Gasteiger partial charge < -0.3 is 8.94 Å². The smallest absolute Gasteiger partial charge is 0.266 e. The molecule has 0 aliphatic carbocycles. The van der Waals surface area contributed by atoms with Crippen molar-refractivity contribution in [3.63, 3.8) is 0 Å². The van der Waals surface area contributed by atoms with Gasteiger partial charge in [-0.3, -0.25) is 9.36 Å². The molecule has 0 spiro atoms. The first-order valence-electron chi connectivity index (χ1n) is 9.84. The Morgan fingerprint density at radius 3 is 2.72 bits per heavy atom. The van der Waals surface area contributed by atoms with E-state index in [0.717, 1.165) is 0 Å². The molecule has 0 N–H and O–H groups in total. The predicted molar refractivity (Wildman–Crippen MR) is 118 cm³/mol. The van der Waals surface area contributed by atoms with E-state index < -0.39 is 5.82 Å². The van der Waals surface area contributed by atoms with Crippen LogP contribution in [0.2, 0.25) is 0 Å². The number of thioether (sulfide) groups is 1. The van der Waals surface area contributed by atoms with Crippen LogP contribution >= 0.6 is 11.8 Å². The van der Waals surface area contributed by atoms with Crippen molar-refractivity contribution < 1.29 is 13.3 Å². The van der Waals surface area contributed by atoms with Gasteiger partial charge in [-0.1, -0.05) is 35.1 Å². The summed E-state index contributed by atoms with van der Waals surface area (Å²) in [6.45, 7) is 3.54. The highest BCUT2D eigenvalue weighted by Crippen LogP contribution is 2.35. The molecule has 0 radical (unpaired) electrons. The van der Waals surface area contributed by atoms with Gasteiger partial charge in [0.15, 0.2) is 10.9 Å². The Kier molecular flexibility index (Phi) is 5.10. The first-order chi connectivity index (χ1) is 15.5. The van der Waals surface area contributed by atoms with E-state index in [-0.39, 0.29) is 10.8 Å². The molecule has 3 aromatic heterocycles. The summed E-state index contributed by atoms with van der Waals surface area (Å²) < 4.78 is 26.4. The average molecular weight is 448 g/mol. The van der Waals surface area contributed by atoms with Crippen molar-refractivity contribution in [3.8, 4) is 17.3 Å². The Bertz CT molecular complexity index is 1480. The second-order valence-electron chi connectivity index (χ2n) is 7.18. The van der Waals surface area contributed by atoms with Crippen LogP contribution in [-0.4, -0.2) is 19.7 Å². The molecule has 7 nitrogen and oxygen atoms in total. The first kappa shape index (κ1) is 20.2. The molecule has 160 valence electrons. The van der Waals surface area contributed by atoms with Gasteiger partial charge in [0.05, 0.1) is 28.1 Å². The van der Waals surface area contributed by atoms with Gasteiger partial charge in [0.1, 0.15) is 5.82 Å². The Labute approximate surface area is 185 Å². The van der Waals surface area contributed by atoms with Gasteiger partial charge in [-0.15, -0.1) is 0 Å². The Morgan fingerprint density at radius 2 is 1.94 bits per heavy atom. The van der Waals surface area contributed by atoms with Crippen LogP contribution in [0.25, 0.3) is 28.2 Å². The Balaban J connectivity index is 1.59. The molecule has 9 heteroatoms. The van der Waals surface area contributed by atoms with Gasteiger partial charge in [-0.2, -0.15) is 4.98 Å². The molecule has 0 aliphatic heterocycles. The Morgan fingerprint density at radius 1 is 1.09 bits per heavy atom. The molecule has 0 saturated heterocycles. The summed E-state index contributed by atoms with van der Waals surface area (Å²) in [5.41, 5.74) is 1.16. The highest BCUT2D eigenvalue weighted by atomic mass is 32.2. The molecular weight excluding hydrogens is 431 g/mol. The predicted octanol–water partition coefficient (Wildman–Crippen LogP) is 5.33. The molecular formula is C23H17FN4O3S. The monoisotopic (exact) mass is 448 g/mol. The maximum Gasteiger partial charge on any atom is 0.266 e. The summed E-state index contributed by atoms with van der Waals surface area (Å²) >= 11 is 1.27. The second kappa shape index (κ2) is 8.08. The zero-order valence-corrected chi connectivity index (χ0v) is 18.0. The quantitative estimate of drug-likeness (QED) is 0.265. The van der Waals surface area contributed by atoms with Crippen molar-refractivity contribution >= 4 is 22.7 Å². The molecule has 1 atom stereocenters. The lowest BCUT2D eigenvalue weighted by molar-refractivity contribution is 0.379. The third-order valence-corrected chi connectivity index (χ3v) is 6.01. The maximum absolute atomic E-state index is 14.3. The second-order valence-corrected chi connectivity index (χ2v) is 8.49. The van der Waals surface area contributed by atoms with E-state index in [2.05, 4.69) is 15.1 Å². The van der Waals surface area contributed by atoms with E-state index in [1.807, 2.05) is 13.0 Å². The van der Waals surface area contributed by atoms with Crippen molar-refractivity contribution in [1.29, 1.82) is 0 Å². The van der Waals surface area contributed by atoms with Crippen molar-refractivity contribution in [2.24, 2.45) is 0 Å². The number of furan rings is 1. The number of fused-ring (bicyclic) bond motifs is 1. The lowest BCUT2D eigenvalue weighted by Gasteiger charge is -2.15. The molecule has 5 aromatic rings. The Hall–Kier alpha value is -3.72. The summed E-state index contributed by atoms with van der Waals surface area (Å²) in [5, 5.41) is 4.46. The zero-order chi connectivity index (χ0) is 22.2. The third kappa shape index (κ3) is 3.60. The van der Waals surface area contributed by atoms with E-state index in [1.54, 1.807) is 49.4 Å². The topological polar surface area (TPSA) is 86.9 Å². The largest absolute Gasteiger partial charge is 0.461 e. The van der Waals surface area contributed by atoms with E-state index in [0.29, 0.717) is 44.8 Å². The van der Waals surface area contributed by atoms with Crippen LogP contribution in [0.5, 0.6) is 0 Å². The number of benzene rings is 2. The number of hydrogen-bond acceptors (Lipinski definition) is 7. The average Bonchev–Trinajstić information content (AvgIpc) is 3.48. The number of nitrogens with zero attached hydrogens (tertiary/aromatic N) is 4. The van der Waals surface area contributed by atoms with Crippen molar-refractivity contribution in [2.75, 3.05) is 0 Å². The van der Waals surface area contributed by atoms with Gasteiger partial charge in [0, 0.05) is 0 Å². The van der Waals surface area contributed by atoms with E-state index in [1.165, 1.54) is 28.7 Å². The fraction of sp³-hybridized carbons (Fsp3) is 0.130. The molecule has 2 aromatic carbocycles.